The van der Waals surface area contributed by atoms with Crippen LogP contribution in [0.5, 0.6) is 0 Å². The largest absolute Gasteiger partial charge is 0.367 e. The molecule has 0 amide bonds. The van der Waals surface area contributed by atoms with E-state index >= 15 is 0 Å². The summed E-state index contributed by atoms with van der Waals surface area (Å²) in [5, 5.41) is 1.12. The molecule has 0 atom stereocenters. The van der Waals surface area contributed by atoms with E-state index in [0.29, 0.717) is 12.2 Å². The van der Waals surface area contributed by atoms with Gasteiger partial charge in [0.1, 0.15) is 5.82 Å². The molecule has 0 N–H and O–H groups in total. The first-order valence-electron chi connectivity index (χ1n) is 12.3. The highest BCUT2D eigenvalue weighted by Crippen LogP contribution is 2.24. The van der Waals surface area contributed by atoms with Crippen molar-refractivity contribution in [3.05, 3.63) is 70.3 Å². The summed E-state index contributed by atoms with van der Waals surface area (Å²) in [5.41, 5.74) is 2.68. The number of rotatable bonds is 7. The topological polar surface area (TPSA) is 31.7 Å². The van der Waals surface area contributed by atoms with Crippen molar-refractivity contribution in [3.8, 4) is 0 Å². The molecule has 2 aliphatic rings. The Morgan fingerprint density at radius 2 is 1.65 bits per heavy atom. The van der Waals surface area contributed by atoms with E-state index < -0.39 is 0 Å². The molecule has 0 spiro atoms. The molecule has 0 radical (unpaired) electrons. The molecule has 5 nitrogen and oxygen atoms in total. The molecular weight excluding hydrogens is 447 g/mol. The minimum Gasteiger partial charge on any atom is -0.367 e. The minimum absolute atomic E-state index is 0.126. The highest BCUT2D eigenvalue weighted by atomic mass is 32.2. The number of likely N-dealkylation sites (tertiary alicyclic amines) is 1. The van der Waals surface area contributed by atoms with E-state index in [-0.39, 0.29) is 11.4 Å². The van der Waals surface area contributed by atoms with Crippen molar-refractivity contribution in [1.29, 1.82) is 0 Å². The predicted molar refractivity (Wildman–Crippen MR) is 140 cm³/mol. The fourth-order valence-electron chi connectivity index (χ4n) is 5.22. The Morgan fingerprint density at radius 3 is 2.38 bits per heavy atom. The zero-order valence-corrected chi connectivity index (χ0v) is 20.7. The molecule has 2 saturated heterocycles. The second-order valence-corrected chi connectivity index (χ2v) is 10.2. The van der Waals surface area contributed by atoms with Gasteiger partial charge < -0.3 is 14.4 Å². The lowest BCUT2D eigenvalue weighted by Gasteiger charge is -2.36. The molecular formula is C27H33FN4OS. The standard InChI is InChI=1S/C27H33FN4OS/c1-34-23-9-8-21-18-22(27(33)32(26(21)19-23)17-14-29-10-4-5-11-29)20-30-12-15-31(16-13-30)25-7-3-2-6-24(25)28/h2-3,6-9,18-19H,4-5,10-17,20H2,1H3. The maximum absolute atomic E-state index is 14.2. The number of halogens is 1. The lowest BCUT2D eigenvalue weighted by Crippen LogP contribution is -2.47. The molecule has 0 bridgehead atoms. The Morgan fingerprint density at radius 1 is 0.882 bits per heavy atom. The first kappa shape index (κ1) is 23.4. The molecule has 3 heterocycles. The minimum atomic E-state index is -0.170. The summed E-state index contributed by atoms with van der Waals surface area (Å²) in [6, 6.07) is 15.5. The highest BCUT2D eigenvalue weighted by Gasteiger charge is 2.21. The van der Waals surface area contributed by atoms with Crippen molar-refractivity contribution < 1.29 is 4.39 Å². The van der Waals surface area contributed by atoms with E-state index in [9.17, 15) is 9.18 Å². The number of pyridine rings is 1. The number of thioether (sulfide) groups is 1. The molecule has 180 valence electrons. The molecule has 1 aromatic heterocycles. The van der Waals surface area contributed by atoms with Crippen LogP contribution in [-0.2, 0) is 13.1 Å². The fraction of sp³-hybridized carbons (Fsp3) is 0.444. The molecule has 2 fully saturated rings. The molecule has 7 heteroatoms. The number of para-hydroxylation sites is 1. The third-order valence-corrected chi connectivity index (χ3v) is 7.90. The number of piperazine rings is 1. The average Bonchev–Trinajstić information content (AvgIpc) is 3.38. The van der Waals surface area contributed by atoms with E-state index in [1.165, 1.54) is 23.8 Å². The zero-order valence-electron chi connectivity index (χ0n) is 19.9. The van der Waals surface area contributed by atoms with Crippen LogP contribution in [-0.4, -0.2) is 66.4 Å². The number of anilines is 1. The van der Waals surface area contributed by atoms with Gasteiger partial charge in [-0.25, -0.2) is 4.39 Å². The van der Waals surface area contributed by atoms with Crippen LogP contribution >= 0.6 is 11.8 Å². The highest BCUT2D eigenvalue weighted by molar-refractivity contribution is 7.98. The van der Waals surface area contributed by atoms with E-state index in [2.05, 4.69) is 45.2 Å². The van der Waals surface area contributed by atoms with Crippen LogP contribution in [0.2, 0.25) is 0 Å². The van der Waals surface area contributed by atoms with Crippen molar-refractivity contribution in [2.75, 3.05) is 57.0 Å². The van der Waals surface area contributed by atoms with Gasteiger partial charge in [0.15, 0.2) is 0 Å². The molecule has 3 aromatic rings. The van der Waals surface area contributed by atoms with Gasteiger partial charge in [0.05, 0.1) is 11.2 Å². The summed E-state index contributed by atoms with van der Waals surface area (Å²) < 4.78 is 16.2. The van der Waals surface area contributed by atoms with E-state index in [0.717, 1.165) is 68.8 Å². The zero-order chi connectivity index (χ0) is 23.5. The van der Waals surface area contributed by atoms with E-state index in [1.54, 1.807) is 17.8 Å². The van der Waals surface area contributed by atoms with Crippen LogP contribution in [0.15, 0.2) is 58.2 Å². The SMILES string of the molecule is CSc1ccc2cc(CN3CCN(c4ccccc4F)CC3)c(=O)n(CCN3CCCC3)c2c1. The average molecular weight is 481 g/mol. The lowest BCUT2D eigenvalue weighted by atomic mass is 10.1. The summed E-state index contributed by atoms with van der Waals surface area (Å²) in [7, 11) is 0. The van der Waals surface area contributed by atoms with E-state index in [4.69, 9.17) is 0 Å². The van der Waals surface area contributed by atoms with Gasteiger partial charge in [-0.3, -0.25) is 9.69 Å². The number of aromatic nitrogens is 1. The van der Waals surface area contributed by atoms with Gasteiger partial charge in [0.25, 0.3) is 5.56 Å². The van der Waals surface area contributed by atoms with Crippen molar-refractivity contribution in [2.24, 2.45) is 0 Å². The van der Waals surface area contributed by atoms with Gasteiger partial charge in [0.2, 0.25) is 0 Å². The molecule has 34 heavy (non-hydrogen) atoms. The van der Waals surface area contributed by atoms with Crippen LogP contribution < -0.4 is 10.5 Å². The van der Waals surface area contributed by atoms with E-state index in [1.807, 2.05) is 16.7 Å². The van der Waals surface area contributed by atoms with Crippen LogP contribution in [0.4, 0.5) is 10.1 Å². The quantitative estimate of drug-likeness (QED) is 0.471. The Balaban J connectivity index is 1.36. The van der Waals surface area contributed by atoms with Gasteiger partial charge in [0, 0.05) is 56.3 Å². The second-order valence-electron chi connectivity index (χ2n) is 9.31. The number of hydrogen-bond donors (Lipinski definition) is 0. The van der Waals surface area contributed by atoms with Crippen LogP contribution in [0.25, 0.3) is 10.9 Å². The van der Waals surface area contributed by atoms with Crippen LogP contribution in [0.3, 0.4) is 0 Å². The maximum Gasteiger partial charge on any atom is 0.255 e. The molecule has 0 aliphatic carbocycles. The third-order valence-electron chi connectivity index (χ3n) is 7.18. The van der Waals surface area contributed by atoms with Crippen molar-refractivity contribution in [2.45, 2.75) is 30.8 Å². The van der Waals surface area contributed by atoms with Crippen LogP contribution in [0, 0.1) is 5.82 Å². The Labute approximate surface area is 205 Å². The number of nitrogens with zero attached hydrogens (tertiary/aromatic N) is 4. The third kappa shape index (κ3) is 5.02. The summed E-state index contributed by atoms with van der Waals surface area (Å²) in [4.78, 5) is 21.7. The maximum atomic E-state index is 14.2. The summed E-state index contributed by atoms with van der Waals surface area (Å²) in [5.74, 6) is -0.170. The molecule has 0 unspecified atom stereocenters. The van der Waals surface area contributed by atoms with Gasteiger partial charge in [-0.2, -0.15) is 0 Å². The summed E-state index contributed by atoms with van der Waals surface area (Å²) in [6.07, 6.45) is 4.58. The second kappa shape index (κ2) is 10.5. The molecule has 5 rings (SSSR count). The fourth-order valence-corrected chi connectivity index (χ4v) is 5.65. The first-order chi connectivity index (χ1) is 16.6. The monoisotopic (exact) mass is 480 g/mol. The summed E-state index contributed by atoms with van der Waals surface area (Å²) in [6.45, 7) is 7.68. The van der Waals surface area contributed by atoms with Crippen molar-refractivity contribution in [3.63, 3.8) is 0 Å². The van der Waals surface area contributed by atoms with Gasteiger partial charge in [-0.05, 0) is 67.9 Å². The van der Waals surface area contributed by atoms with Gasteiger partial charge >= 0.3 is 0 Å². The van der Waals surface area contributed by atoms with Gasteiger partial charge in [-0.15, -0.1) is 11.8 Å². The van der Waals surface area contributed by atoms with Crippen LogP contribution in [0.1, 0.15) is 18.4 Å². The Bertz CT molecular complexity index is 1200. The number of fused-ring (bicyclic) bond motifs is 1. The first-order valence-corrected chi connectivity index (χ1v) is 13.5. The van der Waals surface area contributed by atoms with Crippen molar-refractivity contribution >= 4 is 28.4 Å². The molecule has 0 saturated carbocycles. The smallest absolute Gasteiger partial charge is 0.255 e. The number of benzene rings is 2. The molecule has 2 aliphatic heterocycles. The Hall–Kier alpha value is -2.35. The normalized spacial score (nSPS) is 17.6. The Kier molecular flexibility index (Phi) is 7.23. The number of hydrogen-bond acceptors (Lipinski definition) is 5. The lowest BCUT2D eigenvalue weighted by molar-refractivity contribution is 0.247. The van der Waals surface area contributed by atoms with Crippen molar-refractivity contribution in [1.82, 2.24) is 14.4 Å². The van der Waals surface area contributed by atoms with Gasteiger partial charge in [-0.1, -0.05) is 18.2 Å². The molecule has 2 aromatic carbocycles. The predicted octanol–water partition coefficient (Wildman–Crippen LogP) is 4.28. The summed E-state index contributed by atoms with van der Waals surface area (Å²) >= 11 is 1.71.